The summed E-state index contributed by atoms with van der Waals surface area (Å²) < 4.78 is 11.9. The van der Waals surface area contributed by atoms with Gasteiger partial charge in [-0.3, -0.25) is 0 Å². The van der Waals surface area contributed by atoms with E-state index in [1.54, 1.807) is 4.31 Å². The van der Waals surface area contributed by atoms with E-state index >= 15 is 0 Å². The number of hydrogen-bond donors (Lipinski definition) is 1. The summed E-state index contributed by atoms with van der Waals surface area (Å²) in [6.45, 7) is 4.12. The molecule has 2 nitrogen and oxygen atoms in total. The van der Waals surface area contributed by atoms with Crippen LogP contribution in [0.4, 0.5) is 0 Å². The van der Waals surface area contributed by atoms with Crippen molar-refractivity contribution in [3.8, 4) is 0 Å². The molecule has 3 heteroatoms. The van der Waals surface area contributed by atoms with Gasteiger partial charge in [0, 0.05) is 6.04 Å². The molecular formula is C5H13NOS. The standard InChI is InChI=1S/C5H13NOS/c1-4-5(2)6(3)8-7/h5,8H,4H2,1-3H3. The third kappa shape index (κ3) is 2.43. The van der Waals surface area contributed by atoms with Crippen LogP contribution in [-0.2, 0) is 11.9 Å². The van der Waals surface area contributed by atoms with Gasteiger partial charge in [0.2, 0.25) is 0 Å². The Morgan fingerprint density at radius 1 is 1.75 bits per heavy atom. The zero-order chi connectivity index (χ0) is 6.57. The smallest absolute Gasteiger partial charge is 0.0808 e. The third-order valence-electron chi connectivity index (χ3n) is 1.36. The zero-order valence-corrected chi connectivity index (χ0v) is 6.48. The molecule has 0 aromatic rings. The van der Waals surface area contributed by atoms with Crippen molar-refractivity contribution in [3.05, 3.63) is 0 Å². The maximum absolute atomic E-state index is 10.1. The Kier molecular flexibility index (Phi) is 4.09. The summed E-state index contributed by atoms with van der Waals surface area (Å²) in [7, 11) is 1.84. The van der Waals surface area contributed by atoms with Crippen molar-refractivity contribution >= 4 is 11.9 Å². The molecule has 0 aliphatic carbocycles. The van der Waals surface area contributed by atoms with E-state index in [1.165, 1.54) is 0 Å². The molecule has 0 aromatic carbocycles. The normalized spacial score (nSPS) is 14.5. The fourth-order valence-corrected chi connectivity index (χ4v) is 0.669. The molecule has 0 saturated heterocycles. The summed E-state index contributed by atoms with van der Waals surface area (Å²) >= 11 is 0.121. The van der Waals surface area contributed by atoms with Crippen LogP contribution in [0.1, 0.15) is 20.3 Å². The first-order valence-electron chi connectivity index (χ1n) is 2.78. The van der Waals surface area contributed by atoms with Crippen LogP contribution in [0.5, 0.6) is 0 Å². The first kappa shape index (κ1) is 8.11. The highest BCUT2D eigenvalue weighted by Crippen LogP contribution is 1.96. The van der Waals surface area contributed by atoms with Crippen molar-refractivity contribution in [2.24, 2.45) is 0 Å². The van der Waals surface area contributed by atoms with Gasteiger partial charge in [-0.2, -0.15) is 0 Å². The number of nitrogens with zero attached hydrogens (tertiary/aromatic N) is 1. The lowest BCUT2D eigenvalue weighted by Gasteiger charge is -2.14. The van der Waals surface area contributed by atoms with Crippen molar-refractivity contribution < 1.29 is 4.21 Å². The summed E-state index contributed by atoms with van der Waals surface area (Å²) in [4.78, 5) is 0. The van der Waals surface area contributed by atoms with Gasteiger partial charge < -0.3 is 0 Å². The van der Waals surface area contributed by atoms with E-state index in [2.05, 4.69) is 6.92 Å². The van der Waals surface area contributed by atoms with Gasteiger partial charge >= 0.3 is 0 Å². The molecule has 0 amide bonds. The maximum atomic E-state index is 10.1. The quantitative estimate of drug-likeness (QED) is 0.561. The largest absolute Gasteiger partial charge is 0.246 e. The van der Waals surface area contributed by atoms with Crippen LogP contribution in [0, 0.1) is 0 Å². The Balaban J connectivity index is 3.44. The van der Waals surface area contributed by atoms with Gasteiger partial charge in [-0.15, -0.1) is 0 Å². The second-order valence-electron chi connectivity index (χ2n) is 1.91. The van der Waals surface area contributed by atoms with E-state index in [1.807, 2.05) is 14.0 Å². The molecule has 0 bridgehead atoms. The molecule has 0 aliphatic heterocycles. The summed E-state index contributed by atoms with van der Waals surface area (Å²) in [5.41, 5.74) is 0. The van der Waals surface area contributed by atoms with Gasteiger partial charge in [-0.05, 0) is 20.4 Å². The minimum absolute atomic E-state index is 0.121. The van der Waals surface area contributed by atoms with Crippen molar-refractivity contribution in [1.29, 1.82) is 0 Å². The molecule has 1 unspecified atom stereocenters. The molecular weight excluding hydrogens is 122 g/mol. The van der Waals surface area contributed by atoms with Gasteiger partial charge in [0.15, 0.2) is 0 Å². The second-order valence-corrected chi connectivity index (χ2v) is 2.71. The number of thiol groups is 1. The minimum Gasteiger partial charge on any atom is -0.246 e. The molecule has 0 rings (SSSR count). The minimum atomic E-state index is 0.121. The predicted octanol–water partition coefficient (Wildman–Crippen LogP) is 0.577. The van der Waals surface area contributed by atoms with E-state index in [-0.39, 0.29) is 11.9 Å². The van der Waals surface area contributed by atoms with Crippen LogP contribution in [0.25, 0.3) is 0 Å². The van der Waals surface area contributed by atoms with Crippen LogP contribution in [0.2, 0.25) is 0 Å². The summed E-state index contributed by atoms with van der Waals surface area (Å²) in [6.07, 6.45) is 1.05. The zero-order valence-electron chi connectivity index (χ0n) is 5.59. The first-order valence-corrected chi connectivity index (χ1v) is 3.55. The summed E-state index contributed by atoms with van der Waals surface area (Å²) in [5.74, 6) is 0. The lowest BCUT2D eigenvalue weighted by Crippen LogP contribution is -2.23. The molecule has 0 aliphatic rings. The van der Waals surface area contributed by atoms with Gasteiger partial charge in [0.05, 0.1) is 11.9 Å². The Hall–Kier alpha value is 0.110. The molecule has 0 fully saturated rings. The van der Waals surface area contributed by atoms with Crippen LogP contribution >= 0.6 is 0 Å². The molecule has 8 heavy (non-hydrogen) atoms. The molecule has 50 valence electrons. The van der Waals surface area contributed by atoms with E-state index in [0.29, 0.717) is 6.04 Å². The topological polar surface area (TPSA) is 20.3 Å². The fraction of sp³-hybridized carbons (Fsp3) is 1.00. The molecule has 0 N–H and O–H groups in total. The van der Waals surface area contributed by atoms with Crippen molar-refractivity contribution in [1.82, 2.24) is 4.31 Å². The van der Waals surface area contributed by atoms with Gasteiger partial charge in [-0.1, -0.05) is 6.92 Å². The third-order valence-corrected chi connectivity index (χ3v) is 2.01. The van der Waals surface area contributed by atoms with Crippen LogP contribution < -0.4 is 0 Å². The second kappa shape index (κ2) is 4.04. The molecule has 0 aromatic heterocycles. The van der Waals surface area contributed by atoms with E-state index in [0.717, 1.165) is 6.42 Å². The predicted molar refractivity (Wildman–Crippen MR) is 37.1 cm³/mol. The highest BCUT2D eigenvalue weighted by Gasteiger charge is 2.01. The Bertz CT molecular complexity index is 76.8. The molecule has 0 heterocycles. The highest BCUT2D eigenvalue weighted by molar-refractivity contribution is 7.62. The molecule has 0 radical (unpaired) electrons. The fourth-order valence-electron chi connectivity index (χ4n) is 0.345. The SMILES string of the molecule is CCC(C)N(C)[SH]=O. The lowest BCUT2D eigenvalue weighted by molar-refractivity contribution is 0.414. The van der Waals surface area contributed by atoms with Crippen molar-refractivity contribution in [2.75, 3.05) is 7.05 Å². The lowest BCUT2D eigenvalue weighted by atomic mass is 10.3. The first-order chi connectivity index (χ1) is 3.72. The Labute approximate surface area is 54.5 Å². The molecule has 1 atom stereocenters. The van der Waals surface area contributed by atoms with Crippen molar-refractivity contribution in [3.63, 3.8) is 0 Å². The Morgan fingerprint density at radius 3 is 2.38 bits per heavy atom. The molecule has 0 spiro atoms. The van der Waals surface area contributed by atoms with Crippen LogP contribution in [0.3, 0.4) is 0 Å². The van der Waals surface area contributed by atoms with Gasteiger partial charge in [-0.25, -0.2) is 8.51 Å². The number of rotatable bonds is 3. The van der Waals surface area contributed by atoms with E-state index < -0.39 is 0 Å². The van der Waals surface area contributed by atoms with Crippen LogP contribution in [0.15, 0.2) is 0 Å². The van der Waals surface area contributed by atoms with Gasteiger partial charge in [0.25, 0.3) is 0 Å². The van der Waals surface area contributed by atoms with Gasteiger partial charge in [0.1, 0.15) is 0 Å². The number of hydrogen-bond acceptors (Lipinski definition) is 1. The van der Waals surface area contributed by atoms with Crippen molar-refractivity contribution in [2.45, 2.75) is 26.3 Å². The van der Waals surface area contributed by atoms with E-state index in [4.69, 9.17) is 0 Å². The maximum Gasteiger partial charge on any atom is 0.0808 e. The summed E-state index contributed by atoms with van der Waals surface area (Å²) in [5, 5.41) is 0. The average molecular weight is 135 g/mol. The molecule has 0 saturated carbocycles. The monoisotopic (exact) mass is 135 g/mol. The highest BCUT2D eigenvalue weighted by atomic mass is 32.2. The van der Waals surface area contributed by atoms with E-state index in [9.17, 15) is 4.21 Å². The summed E-state index contributed by atoms with van der Waals surface area (Å²) in [6, 6.07) is 0.425. The van der Waals surface area contributed by atoms with Crippen LogP contribution in [-0.4, -0.2) is 21.6 Å². The average Bonchev–Trinajstić information content (AvgIpc) is 1.84. The Morgan fingerprint density at radius 2 is 2.25 bits per heavy atom.